The first-order valence-corrected chi connectivity index (χ1v) is 7.00. The smallest absolute Gasteiger partial charge is 0.219 e. The first kappa shape index (κ1) is 15.7. The predicted molar refractivity (Wildman–Crippen MR) is 79.8 cm³/mol. The number of amides is 1. The Morgan fingerprint density at radius 1 is 1.32 bits per heavy atom. The molecule has 0 saturated carbocycles. The first-order valence-electron chi connectivity index (χ1n) is 7.00. The van der Waals surface area contributed by atoms with Crippen molar-refractivity contribution in [1.82, 2.24) is 5.32 Å². The number of benzene rings is 1. The third kappa shape index (κ3) is 4.67. The van der Waals surface area contributed by atoms with Crippen molar-refractivity contribution in [2.75, 3.05) is 6.54 Å². The standard InChI is InChI=1S/C16H26N2O/c1-5-18-16(4,11-15(17)19)14-8-6-13(7-9-14)10-12(2)3/h6-9,12,18H,5,10-11H2,1-4H3,(H2,17,19). The number of rotatable bonds is 7. The van der Waals surface area contributed by atoms with Gasteiger partial charge in [-0.3, -0.25) is 4.79 Å². The lowest BCUT2D eigenvalue weighted by Crippen LogP contribution is -2.42. The number of nitrogens with two attached hydrogens (primary N) is 1. The molecule has 106 valence electrons. The number of nitrogens with one attached hydrogen (secondary N) is 1. The molecule has 3 nitrogen and oxygen atoms in total. The lowest BCUT2D eigenvalue weighted by molar-refractivity contribution is -0.119. The van der Waals surface area contributed by atoms with Crippen LogP contribution in [0.5, 0.6) is 0 Å². The molecule has 0 aliphatic rings. The molecule has 0 spiro atoms. The second-order valence-electron chi connectivity index (χ2n) is 5.80. The van der Waals surface area contributed by atoms with Crippen molar-refractivity contribution in [3.05, 3.63) is 35.4 Å². The van der Waals surface area contributed by atoms with Crippen LogP contribution in [0.25, 0.3) is 0 Å². The summed E-state index contributed by atoms with van der Waals surface area (Å²) in [6, 6.07) is 8.49. The molecule has 1 atom stereocenters. The molecule has 3 N–H and O–H groups in total. The Kier molecular flexibility index (Phi) is 5.55. The summed E-state index contributed by atoms with van der Waals surface area (Å²) >= 11 is 0. The van der Waals surface area contributed by atoms with Gasteiger partial charge in [-0.1, -0.05) is 45.0 Å². The molecule has 1 unspecified atom stereocenters. The highest BCUT2D eigenvalue weighted by molar-refractivity contribution is 5.75. The number of hydrogen-bond donors (Lipinski definition) is 2. The van der Waals surface area contributed by atoms with E-state index in [1.165, 1.54) is 5.56 Å². The van der Waals surface area contributed by atoms with E-state index in [0.717, 1.165) is 18.5 Å². The Bertz CT molecular complexity index is 411. The van der Waals surface area contributed by atoms with Gasteiger partial charge in [0.25, 0.3) is 0 Å². The summed E-state index contributed by atoms with van der Waals surface area (Å²) < 4.78 is 0. The Hall–Kier alpha value is -1.35. The van der Waals surface area contributed by atoms with E-state index in [2.05, 4.69) is 43.4 Å². The minimum Gasteiger partial charge on any atom is -0.370 e. The second kappa shape index (κ2) is 6.71. The van der Waals surface area contributed by atoms with Crippen LogP contribution in [-0.4, -0.2) is 12.5 Å². The molecule has 0 aromatic heterocycles. The average molecular weight is 262 g/mol. The van der Waals surface area contributed by atoms with E-state index in [1.807, 2.05) is 13.8 Å². The van der Waals surface area contributed by atoms with Crippen molar-refractivity contribution >= 4 is 5.91 Å². The highest BCUT2D eigenvalue weighted by Gasteiger charge is 2.27. The van der Waals surface area contributed by atoms with E-state index >= 15 is 0 Å². The van der Waals surface area contributed by atoms with E-state index in [-0.39, 0.29) is 11.4 Å². The molecule has 0 fully saturated rings. The summed E-state index contributed by atoms with van der Waals surface area (Å²) in [6.45, 7) is 9.29. The second-order valence-corrected chi connectivity index (χ2v) is 5.80. The van der Waals surface area contributed by atoms with Gasteiger partial charge in [0.2, 0.25) is 5.91 Å². The van der Waals surface area contributed by atoms with Gasteiger partial charge in [-0.25, -0.2) is 0 Å². The fraction of sp³-hybridized carbons (Fsp3) is 0.562. The van der Waals surface area contributed by atoms with Gasteiger partial charge >= 0.3 is 0 Å². The molecule has 1 amide bonds. The normalized spacial score (nSPS) is 14.4. The molecule has 0 radical (unpaired) electrons. The van der Waals surface area contributed by atoms with E-state index in [1.54, 1.807) is 0 Å². The maximum Gasteiger partial charge on any atom is 0.219 e. The third-order valence-electron chi connectivity index (χ3n) is 3.33. The van der Waals surface area contributed by atoms with Gasteiger partial charge in [-0.2, -0.15) is 0 Å². The van der Waals surface area contributed by atoms with Crippen LogP contribution in [0.1, 0.15) is 45.2 Å². The summed E-state index contributed by atoms with van der Waals surface area (Å²) in [6.07, 6.45) is 1.39. The summed E-state index contributed by atoms with van der Waals surface area (Å²) in [4.78, 5) is 11.3. The van der Waals surface area contributed by atoms with Crippen LogP contribution in [-0.2, 0) is 16.8 Å². The Morgan fingerprint density at radius 2 is 1.89 bits per heavy atom. The number of hydrogen-bond acceptors (Lipinski definition) is 2. The maximum atomic E-state index is 11.3. The molecular weight excluding hydrogens is 236 g/mol. The van der Waals surface area contributed by atoms with Gasteiger partial charge in [0.05, 0.1) is 0 Å². The van der Waals surface area contributed by atoms with Crippen LogP contribution in [0.4, 0.5) is 0 Å². The Labute approximate surface area is 116 Å². The summed E-state index contributed by atoms with van der Waals surface area (Å²) in [7, 11) is 0. The molecule has 0 aliphatic carbocycles. The molecule has 3 heteroatoms. The fourth-order valence-corrected chi connectivity index (χ4v) is 2.49. The lowest BCUT2D eigenvalue weighted by Gasteiger charge is -2.30. The molecule has 1 aromatic carbocycles. The first-order chi connectivity index (χ1) is 8.87. The van der Waals surface area contributed by atoms with Gasteiger partial charge < -0.3 is 11.1 Å². The Balaban J connectivity index is 2.93. The quantitative estimate of drug-likeness (QED) is 0.793. The zero-order chi connectivity index (χ0) is 14.5. The monoisotopic (exact) mass is 262 g/mol. The van der Waals surface area contributed by atoms with Gasteiger partial charge in [0, 0.05) is 12.0 Å². The van der Waals surface area contributed by atoms with Gasteiger partial charge in [0.1, 0.15) is 0 Å². The lowest BCUT2D eigenvalue weighted by atomic mass is 9.87. The molecule has 0 saturated heterocycles. The van der Waals surface area contributed by atoms with E-state index in [4.69, 9.17) is 5.73 Å². The molecular formula is C16H26N2O. The van der Waals surface area contributed by atoms with E-state index in [9.17, 15) is 4.79 Å². The number of carbonyl (C=O) groups is 1. The van der Waals surface area contributed by atoms with Crippen LogP contribution in [0.15, 0.2) is 24.3 Å². The molecule has 0 bridgehead atoms. The van der Waals surface area contributed by atoms with Crippen molar-refractivity contribution in [2.45, 2.75) is 46.1 Å². The fourth-order valence-electron chi connectivity index (χ4n) is 2.49. The van der Waals surface area contributed by atoms with E-state index < -0.39 is 0 Å². The van der Waals surface area contributed by atoms with Crippen molar-refractivity contribution < 1.29 is 4.79 Å². The van der Waals surface area contributed by atoms with Crippen LogP contribution >= 0.6 is 0 Å². The molecule has 0 aliphatic heterocycles. The highest BCUT2D eigenvalue weighted by atomic mass is 16.1. The van der Waals surface area contributed by atoms with Gasteiger partial charge in [-0.15, -0.1) is 0 Å². The van der Waals surface area contributed by atoms with Crippen LogP contribution in [0.2, 0.25) is 0 Å². The average Bonchev–Trinajstić information content (AvgIpc) is 2.28. The van der Waals surface area contributed by atoms with E-state index in [0.29, 0.717) is 12.3 Å². The highest BCUT2D eigenvalue weighted by Crippen LogP contribution is 2.25. The maximum absolute atomic E-state index is 11.3. The van der Waals surface area contributed by atoms with Crippen molar-refractivity contribution in [3.8, 4) is 0 Å². The van der Waals surface area contributed by atoms with Gasteiger partial charge in [-0.05, 0) is 36.9 Å². The van der Waals surface area contributed by atoms with Crippen LogP contribution in [0.3, 0.4) is 0 Å². The number of primary amides is 1. The Morgan fingerprint density at radius 3 is 2.32 bits per heavy atom. The molecule has 19 heavy (non-hydrogen) atoms. The van der Waals surface area contributed by atoms with Crippen LogP contribution in [0, 0.1) is 5.92 Å². The predicted octanol–water partition coefficient (Wildman–Crippen LogP) is 2.59. The molecule has 0 heterocycles. The largest absolute Gasteiger partial charge is 0.370 e. The van der Waals surface area contributed by atoms with Crippen molar-refractivity contribution in [2.24, 2.45) is 11.7 Å². The zero-order valence-electron chi connectivity index (χ0n) is 12.5. The minimum absolute atomic E-state index is 0.283. The molecule has 1 aromatic rings. The topological polar surface area (TPSA) is 55.1 Å². The SMILES string of the molecule is CCNC(C)(CC(N)=O)c1ccc(CC(C)C)cc1. The summed E-state index contributed by atoms with van der Waals surface area (Å²) in [5.74, 6) is 0.367. The third-order valence-corrected chi connectivity index (χ3v) is 3.33. The minimum atomic E-state index is -0.378. The van der Waals surface area contributed by atoms with Gasteiger partial charge in [0.15, 0.2) is 0 Å². The van der Waals surface area contributed by atoms with Crippen molar-refractivity contribution in [3.63, 3.8) is 0 Å². The summed E-state index contributed by atoms with van der Waals surface area (Å²) in [5.41, 5.74) is 7.43. The number of carbonyl (C=O) groups excluding carboxylic acids is 1. The molecule has 1 rings (SSSR count). The van der Waals surface area contributed by atoms with Crippen LogP contribution < -0.4 is 11.1 Å². The summed E-state index contributed by atoms with van der Waals surface area (Å²) in [5, 5.41) is 3.37. The zero-order valence-corrected chi connectivity index (χ0v) is 12.5. The van der Waals surface area contributed by atoms with Crippen molar-refractivity contribution in [1.29, 1.82) is 0 Å².